The first-order valence-electron chi connectivity index (χ1n) is 7.52. The number of nitrogens with zero attached hydrogens (tertiary/aromatic N) is 3. The molecule has 1 aliphatic rings. The standard InChI is InChI=1S/C15H23N3O4/c1-10(15(20)21)9-17(3)14(19)13-8-16-18(11(13)2)12-4-6-22-7-5-12/h8,10,12H,4-7,9H2,1-3H3,(H,20,21). The van der Waals surface area contributed by atoms with Gasteiger partial charge in [0, 0.05) is 32.5 Å². The maximum absolute atomic E-state index is 12.5. The van der Waals surface area contributed by atoms with E-state index in [1.807, 2.05) is 11.6 Å². The number of hydrogen-bond donors (Lipinski definition) is 1. The van der Waals surface area contributed by atoms with Gasteiger partial charge in [0.05, 0.1) is 23.7 Å². The van der Waals surface area contributed by atoms with Crippen LogP contribution in [0.5, 0.6) is 0 Å². The van der Waals surface area contributed by atoms with Crippen LogP contribution in [0.3, 0.4) is 0 Å². The summed E-state index contributed by atoms with van der Waals surface area (Å²) in [6.45, 7) is 5.07. The number of aliphatic carboxylic acids is 1. The summed E-state index contributed by atoms with van der Waals surface area (Å²) >= 11 is 0. The minimum absolute atomic E-state index is 0.177. The van der Waals surface area contributed by atoms with Crippen molar-refractivity contribution in [1.82, 2.24) is 14.7 Å². The van der Waals surface area contributed by atoms with Gasteiger partial charge in [-0.2, -0.15) is 5.10 Å². The average Bonchev–Trinajstić information content (AvgIpc) is 2.88. The molecule has 0 radical (unpaired) electrons. The molecule has 7 nitrogen and oxygen atoms in total. The van der Waals surface area contributed by atoms with E-state index in [9.17, 15) is 9.59 Å². The Morgan fingerprint density at radius 2 is 2.14 bits per heavy atom. The van der Waals surface area contributed by atoms with E-state index in [1.54, 1.807) is 20.2 Å². The molecule has 0 saturated carbocycles. The van der Waals surface area contributed by atoms with Gasteiger partial charge >= 0.3 is 5.97 Å². The number of amides is 1. The van der Waals surface area contributed by atoms with Crippen LogP contribution in [0.1, 0.15) is 41.9 Å². The van der Waals surface area contributed by atoms with E-state index >= 15 is 0 Å². The van der Waals surface area contributed by atoms with Crippen molar-refractivity contribution in [2.24, 2.45) is 5.92 Å². The predicted molar refractivity (Wildman–Crippen MR) is 79.8 cm³/mol. The second kappa shape index (κ2) is 6.91. The van der Waals surface area contributed by atoms with Gasteiger partial charge in [0.1, 0.15) is 0 Å². The molecule has 1 N–H and O–H groups in total. The third kappa shape index (κ3) is 3.47. The molecule has 2 rings (SSSR count). The van der Waals surface area contributed by atoms with Gasteiger partial charge in [-0.1, -0.05) is 6.92 Å². The summed E-state index contributed by atoms with van der Waals surface area (Å²) in [5, 5.41) is 13.3. The van der Waals surface area contributed by atoms with Crippen molar-refractivity contribution >= 4 is 11.9 Å². The van der Waals surface area contributed by atoms with Gasteiger partial charge in [0.2, 0.25) is 0 Å². The van der Waals surface area contributed by atoms with E-state index in [0.29, 0.717) is 18.8 Å². The second-order valence-corrected chi connectivity index (χ2v) is 5.86. The van der Waals surface area contributed by atoms with E-state index in [-0.39, 0.29) is 18.5 Å². The van der Waals surface area contributed by atoms with Gasteiger partial charge in [0.15, 0.2) is 0 Å². The predicted octanol–water partition coefficient (Wildman–Crippen LogP) is 1.34. The lowest BCUT2D eigenvalue weighted by Crippen LogP contribution is -2.34. The Hall–Kier alpha value is -1.89. The Morgan fingerprint density at radius 1 is 1.50 bits per heavy atom. The lowest BCUT2D eigenvalue weighted by atomic mass is 10.1. The number of carbonyl (C=O) groups excluding carboxylic acids is 1. The fourth-order valence-corrected chi connectivity index (χ4v) is 2.71. The zero-order valence-corrected chi connectivity index (χ0v) is 13.3. The third-order valence-corrected chi connectivity index (χ3v) is 4.13. The molecule has 1 saturated heterocycles. The van der Waals surface area contributed by atoms with Crippen molar-refractivity contribution in [1.29, 1.82) is 0 Å². The summed E-state index contributed by atoms with van der Waals surface area (Å²) in [6.07, 6.45) is 3.36. The quantitative estimate of drug-likeness (QED) is 0.887. The SMILES string of the molecule is Cc1c(C(=O)N(C)CC(C)C(=O)O)cnn1C1CCOCC1. The van der Waals surface area contributed by atoms with Crippen LogP contribution in [-0.2, 0) is 9.53 Å². The van der Waals surface area contributed by atoms with Crippen LogP contribution in [-0.4, -0.2) is 58.5 Å². The fourth-order valence-electron chi connectivity index (χ4n) is 2.71. The molecule has 1 aliphatic heterocycles. The summed E-state index contributed by atoms with van der Waals surface area (Å²) in [4.78, 5) is 24.8. The first-order chi connectivity index (χ1) is 10.4. The monoisotopic (exact) mass is 309 g/mol. The molecule has 1 atom stereocenters. The van der Waals surface area contributed by atoms with Crippen LogP contribution in [0.25, 0.3) is 0 Å². The molecule has 7 heteroatoms. The highest BCUT2D eigenvalue weighted by Crippen LogP contribution is 2.23. The van der Waals surface area contributed by atoms with Crippen LogP contribution >= 0.6 is 0 Å². The van der Waals surface area contributed by atoms with Gasteiger partial charge < -0.3 is 14.7 Å². The Bertz CT molecular complexity index is 549. The van der Waals surface area contributed by atoms with Crippen molar-refractivity contribution in [2.75, 3.05) is 26.8 Å². The number of rotatable bonds is 5. The smallest absolute Gasteiger partial charge is 0.308 e. The fraction of sp³-hybridized carbons (Fsp3) is 0.667. The number of ether oxygens (including phenoxy) is 1. The lowest BCUT2D eigenvalue weighted by Gasteiger charge is -2.24. The average molecular weight is 309 g/mol. The van der Waals surface area contributed by atoms with Gasteiger partial charge in [-0.3, -0.25) is 14.3 Å². The van der Waals surface area contributed by atoms with Crippen molar-refractivity contribution in [3.8, 4) is 0 Å². The number of hydrogen-bond acceptors (Lipinski definition) is 4. The topological polar surface area (TPSA) is 84.7 Å². The van der Waals surface area contributed by atoms with E-state index in [1.165, 1.54) is 4.90 Å². The zero-order valence-electron chi connectivity index (χ0n) is 13.3. The second-order valence-electron chi connectivity index (χ2n) is 5.86. The first-order valence-corrected chi connectivity index (χ1v) is 7.52. The minimum atomic E-state index is -0.908. The molecule has 0 aromatic carbocycles. The molecule has 0 bridgehead atoms. The normalized spacial score (nSPS) is 17.2. The van der Waals surface area contributed by atoms with Gasteiger partial charge in [-0.25, -0.2) is 0 Å². The maximum atomic E-state index is 12.5. The van der Waals surface area contributed by atoms with E-state index in [4.69, 9.17) is 9.84 Å². The third-order valence-electron chi connectivity index (χ3n) is 4.13. The van der Waals surface area contributed by atoms with Crippen molar-refractivity contribution in [3.05, 3.63) is 17.5 Å². The molecule has 0 spiro atoms. The van der Waals surface area contributed by atoms with Gasteiger partial charge in [0.25, 0.3) is 5.91 Å². The minimum Gasteiger partial charge on any atom is -0.481 e. The molecule has 2 heterocycles. The van der Waals surface area contributed by atoms with Crippen LogP contribution in [0.15, 0.2) is 6.20 Å². The van der Waals surface area contributed by atoms with E-state index in [2.05, 4.69) is 5.10 Å². The van der Waals surface area contributed by atoms with Gasteiger partial charge in [-0.15, -0.1) is 0 Å². The zero-order chi connectivity index (χ0) is 16.3. The summed E-state index contributed by atoms with van der Waals surface area (Å²) in [7, 11) is 1.62. The van der Waals surface area contributed by atoms with Crippen molar-refractivity contribution in [3.63, 3.8) is 0 Å². The van der Waals surface area contributed by atoms with Crippen LogP contribution < -0.4 is 0 Å². The van der Waals surface area contributed by atoms with E-state index < -0.39 is 11.9 Å². The molecule has 1 aromatic rings. The highest BCUT2D eigenvalue weighted by molar-refractivity contribution is 5.95. The molecule has 1 amide bonds. The Balaban J connectivity index is 2.10. The molecule has 1 fully saturated rings. The first kappa shape index (κ1) is 16.5. The molecule has 1 aromatic heterocycles. The Labute approximate surface area is 129 Å². The molecular formula is C15H23N3O4. The highest BCUT2D eigenvalue weighted by atomic mass is 16.5. The summed E-state index contributed by atoms with van der Waals surface area (Å²) in [5.41, 5.74) is 1.36. The number of aromatic nitrogens is 2. The number of carboxylic acid groups (broad SMARTS) is 1. The van der Waals surface area contributed by atoms with Gasteiger partial charge in [-0.05, 0) is 19.8 Å². The Morgan fingerprint density at radius 3 is 2.73 bits per heavy atom. The summed E-state index contributed by atoms with van der Waals surface area (Å²) in [6, 6.07) is 0.263. The molecule has 0 aliphatic carbocycles. The number of carboxylic acids is 1. The number of carbonyl (C=O) groups is 2. The Kier molecular flexibility index (Phi) is 5.18. The van der Waals surface area contributed by atoms with Crippen molar-refractivity contribution < 1.29 is 19.4 Å². The van der Waals surface area contributed by atoms with Crippen LogP contribution in [0, 0.1) is 12.8 Å². The maximum Gasteiger partial charge on any atom is 0.308 e. The molecular weight excluding hydrogens is 286 g/mol. The largest absolute Gasteiger partial charge is 0.481 e. The molecule has 1 unspecified atom stereocenters. The highest BCUT2D eigenvalue weighted by Gasteiger charge is 2.24. The molecule has 122 valence electrons. The lowest BCUT2D eigenvalue weighted by molar-refractivity contribution is -0.141. The summed E-state index contributed by atoms with van der Waals surface area (Å²) in [5.74, 6) is -1.70. The summed E-state index contributed by atoms with van der Waals surface area (Å²) < 4.78 is 7.24. The molecule has 22 heavy (non-hydrogen) atoms. The van der Waals surface area contributed by atoms with E-state index in [0.717, 1.165) is 18.5 Å². The van der Waals surface area contributed by atoms with Crippen LogP contribution in [0.2, 0.25) is 0 Å². The van der Waals surface area contributed by atoms with Crippen LogP contribution in [0.4, 0.5) is 0 Å². The van der Waals surface area contributed by atoms with Crippen molar-refractivity contribution in [2.45, 2.75) is 32.7 Å².